The highest BCUT2D eigenvalue weighted by Gasteiger charge is 2.16. The Morgan fingerprint density at radius 2 is 1.89 bits per heavy atom. The van der Waals surface area contributed by atoms with E-state index in [1.54, 1.807) is 29.8 Å². The van der Waals surface area contributed by atoms with Gasteiger partial charge in [-0.15, -0.1) is 0 Å². The average Bonchev–Trinajstić information content (AvgIpc) is 3.03. The molecule has 0 aliphatic carbocycles. The fourth-order valence-electron chi connectivity index (χ4n) is 3.28. The van der Waals surface area contributed by atoms with E-state index in [-0.39, 0.29) is 5.56 Å². The van der Waals surface area contributed by atoms with E-state index < -0.39 is 6.67 Å². The minimum absolute atomic E-state index is 0.238. The Labute approximate surface area is 155 Å². The molecule has 0 fully saturated rings. The third kappa shape index (κ3) is 2.99. The quantitative estimate of drug-likeness (QED) is 0.593. The van der Waals surface area contributed by atoms with Gasteiger partial charge >= 0.3 is 0 Å². The molecule has 1 N–H and O–H groups in total. The second kappa shape index (κ2) is 6.72. The minimum Gasteiger partial charge on any atom is -0.497 e. The zero-order valence-electron chi connectivity index (χ0n) is 15.0. The molecule has 4 rings (SSSR count). The van der Waals surface area contributed by atoms with Gasteiger partial charge in [-0.3, -0.25) is 4.79 Å². The summed E-state index contributed by atoms with van der Waals surface area (Å²) in [6.45, 7) is 1.34. The normalized spacial score (nSPS) is 11.1. The average molecular weight is 363 g/mol. The first kappa shape index (κ1) is 17.0. The van der Waals surface area contributed by atoms with Gasteiger partial charge in [0, 0.05) is 17.2 Å². The molecule has 0 saturated carbocycles. The van der Waals surface area contributed by atoms with E-state index in [1.165, 1.54) is 6.07 Å². The number of aromatic nitrogens is 3. The van der Waals surface area contributed by atoms with Crippen LogP contribution < -0.4 is 10.3 Å². The molecule has 0 unspecified atom stereocenters. The van der Waals surface area contributed by atoms with Crippen molar-refractivity contribution in [3.63, 3.8) is 0 Å². The SMILES string of the molecule is COc1ccc(-c2c(C)nn3c(-c4cccc(CF)c4)cc(=O)[nH]c23)cc1. The molecule has 0 atom stereocenters. The molecule has 0 saturated heterocycles. The molecule has 136 valence electrons. The minimum atomic E-state index is -0.560. The predicted octanol–water partition coefficient (Wildman–Crippen LogP) is 4.14. The molecular weight excluding hydrogens is 345 g/mol. The number of nitrogens with zero attached hydrogens (tertiary/aromatic N) is 2. The Hall–Kier alpha value is -3.41. The van der Waals surface area contributed by atoms with Crippen molar-refractivity contribution >= 4 is 5.65 Å². The number of ether oxygens (including phenoxy) is 1. The van der Waals surface area contributed by atoms with Crippen molar-refractivity contribution in [3.05, 3.63) is 76.2 Å². The monoisotopic (exact) mass is 363 g/mol. The van der Waals surface area contributed by atoms with Crippen molar-refractivity contribution in [1.82, 2.24) is 14.6 Å². The van der Waals surface area contributed by atoms with Crippen molar-refractivity contribution in [3.8, 4) is 28.1 Å². The number of aryl methyl sites for hydroxylation is 1. The highest BCUT2D eigenvalue weighted by molar-refractivity contribution is 5.81. The second-order valence-corrected chi connectivity index (χ2v) is 6.30. The third-order valence-electron chi connectivity index (χ3n) is 4.55. The summed E-state index contributed by atoms with van der Waals surface area (Å²) in [4.78, 5) is 15.2. The van der Waals surface area contributed by atoms with Crippen LogP contribution in [0.2, 0.25) is 0 Å². The van der Waals surface area contributed by atoms with Crippen LogP contribution >= 0.6 is 0 Å². The largest absolute Gasteiger partial charge is 0.497 e. The topological polar surface area (TPSA) is 59.4 Å². The number of alkyl halides is 1. The summed E-state index contributed by atoms with van der Waals surface area (Å²) in [5.74, 6) is 0.755. The van der Waals surface area contributed by atoms with E-state index in [0.29, 0.717) is 16.9 Å². The Morgan fingerprint density at radius 1 is 1.11 bits per heavy atom. The van der Waals surface area contributed by atoms with Gasteiger partial charge in [-0.25, -0.2) is 8.91 Å². The second-order valence-electron chi connectivity index (χ2n) is 6.30. The summed E-state index contributed by atoms with van der Waals surface area (Å²) in [5.41, 5.74) is 4.83. The maximum absolute atomic E-state index is 13.1. The molecule has 2 aromatic carbocycles. The van der Waals surface area contributed by atoms with Gasteiger partial charge < -0.3 is 9.72 Å². The number of H-pyrrole nitrogens is 1. The van der Waals surface area contributed by atoms with Crippen LogP contribution in [-0.2, 0) is 6.67 Å². The molecule has 0 aliphatic rings. The van der Waals surface area contributed by atoms with Gasteiger partial charge in [-0.05, 0) is 36.2 Å². The smallest absolute Gasteiger partial charge is 0.251 e. The molecule has 0 bridgehead atoms. The third-order valence-corrected chi connectivity index (χ3v) is 4.55. The zero-order chi connectivity index (χ0) is 19.0. The summed E-state index contributed by atoms with van der Waals surface area (Å²) in [7, 11) is 1.62. The fraction of sp³-hybridized carbons (Fsp3) is 0.143. The first-order chi connectivity index (χ1) is 13.1. The maximum Gasteiger partial charge on any atom is 0.251 e. The van der Waals surface area contributed by atoms with E-state index in [4.69, 9.17) is 4.74 Å². The summed E-state index contributed by atoms with van der Waals surface area (Å²) < 4.78 is 20.0. The predicted molar refractivity (Wildman–Crippen MR) is 103 cm³/mol. The number of aromatic amines is 1. The van der Waals surface area contributed by atoms with Crippen LogP contribution in [0.25, 0.3) is 28.0 Å². The summed E-state index contributed by atoms with van der Waals surface area (Å²) in [5, 5.41) is 4.63. The number of rotatable bonds is 4. The molecule has 2 heterocycles. The van der Waals surface area contributed by atoms with Crippen LogP contribution in [-0.4, -0.2) is 21.7 Å². The van der Waals surface area contributed by atoms with Crippen molar-refractivity contribution in [1.29, 1.82) is 0 Å². The van der Waals surface area contributed by atoms with Crippen molar-refractivity contribution in [2.24, 2.45) is 0 Å². The number of fused-ring (bicyclic) bond motifs is 1. The number of hydrogen-bond donors (Lipinski definition) is 1. The first-order valence-electron chi connectivity index (χ1n) is 8.53. The zero-order valence-corrected chi connectivity index (χ0v) is 15.0. The number of benzene rings is 2. The molecule has 0 spiro atoms. The van der Waals surface area contributed by atoms with Gasteiger partial charge in [0.1, 0.15) is 18.1 Å². The lowest BCUT2D eigenvalue weighted by Crippen LogP contribution is -2.10. The van der Waals surface area contributed by atoms with Gasteiger partial charge in [-0.1, -0.05) is 30.3 Å². The van der Waals surface area contributed by atoms with E-state index in [0.717, 1.165) is 28.1 Å². The van der Waals surface area contributed by atoms with E-state index >= 15 is 0 Å². The molecule has 4 aromatic rings. The standard InChI is InChI=1S/C21H18FN3O2/c1-13-20(15-6-8-17(27-2)9-7-15)21-23-19(26)11-18(25(21)24-13)16-5-3-4-14(10-16)12-22/h3-11H,12H2,1-2H3,(H,23,26). The Morgan fingerprint density at radius 3 is 2.59 bits per heavy atom. The Balaban J connectivity index is 1.97. The van der Waals surface area contributed by atoms with Crippen LogP contribution in [0, 0.1) is 6.92 Å². The van der Waals surface area contributed by atoms with Gasteiger partial charge in [0.05, 0.1) is 18.5 Å². The van der Waals surface area contributed by atoms with Gasteiger partial charge in [0.2, 0.25) is 0 Å². The fourth-order valence-corrected chi connectivity index (χ4v) is 3.28. The summed E-state index contributed by atoms with van der Waals surface area (Å²) in [6.07, 6.45) is 0. The van der Waals surface area contributed by atoms with E-state index in [2.05, 4.69) is 10.1 Å². The first-order valence-corrected chi connectivity index (χ1v) is 8.53. The van der Waals surface area contributed by atoms with Crippen LogP contribution in [0.4, 0.5) is 4.39 Å². The van der Waals surface area contributed by atoms with Crippen molar-refractivity contribution < 1.29 is 9.13 Å². The molecule has 5 nitrogen and oxygen atoms in total. The van der Waals surface area contributed by atoms with Gasteiger partial charge in [0.15, 0.2) is 0 Å². The highest BCUT2D eigenvalue weighted by Crippen LogP contribution is 2.30. The summed E-state index contributed by atoms with van der Waals surface area (Å²) >= 11 is 0. The molecule has 2 aromatic heterocycles. The highest BCUT2D eigenvalue weighted by atomic mass is 19.1. The number of methoxy groups -OCH3 is 1. The number of halogens is 1. The lowest BCUT2D eigenvalue weighted by Gasteiger charge is -2.07. The van der Waals surface area contributed by atoms with Crippen LogP contribution in [0.15, 0.2) is 59.4 Å². The lowest BCUT2D eigenvalue weighted by molar-refractivity contribution is 0.415. The van der Waals surface area contributed by atoms with E-state index in [1.807, 2.05) is 37.3 Å². The maximum atomic E-state index is 13.1. The number of nitrogens with one attached hydrogen (secondary N) is 1. The van der Waals surface area contributed by atoms with Crippen molar-refractivity contribution in [2.75, 3.05) is 7.11 Å². The van der Waals surface area contributed by atoms with Crippen LogP contribution in [0.3, 0.4) is 0 Å². The Bertz CT molecular complexity index is 1180. The Kier molecular flexibility index (Phi) is 4.24. The molecule has 0 amide bonds. The van der Waals surface area contributed by atoms with Crippen molar-refractivity contribution in [2.45, 2.75) is 13.6 Å². The molecule has 0 aliphatic heterocycles. The summed E-state index contributed by atoms with van der Waals surface area (Å²) in [6, 6.07) is 16.1. The molecule has 6 heteroatoms. The van der Waals surface area contributed by atoms with Crippen LogP contribution in [0.1, 0.15) is 11.3 Å². The molecule has 0 radical (unpaired) electrons. The molecular formula is C21H18FN3O2. The van der Waals surface area contributed by atoms with Gasteiger partial charge in [-0.2, -0.15) is 5.10 Å². The number of hydrogen-bond acceptors (Lipinski definition) is 3. The van der Waals surface area contributed by atoms with Gasteiger partial charge in [0.25, 0.3) is 5.56 Å². The van der Waals surface area contributed by atoms with Crippen LogP contribution in [0.5, 0.6) is 5.75 Å². The lowest BCUT2D eigenvalue weighted by atomic mass is 10.1. The van der Waals surface area contributed by atoms with E-state index in [9.17, 15) is 9.18 Å². The molecule has 27 heavy (non-hydrogen) atoms.